The standard InChI is InChI=1S/C25H25FN4O3/c1-15-7-5-10-21(11-15)32-14-22-18(4)33-29-24(22)25(31)27-23-16(2)28-30(17(23)3)13-19-8-6-9-20(26)12-19/h5-12H,13-14H2,1-4H3,(H,27,31). The lowest BCUT2D eigenvalue weighted by Crippen LogP contribution is -2.16. The van der Waals surface area contributed by atoms with E-state index in [0.29, 0.717) is 35.0 Å². The highest BCUT2D eigenvalue weighted by molar-refractivity contribution is 6.04. The first-order valence-corrected chi connectivity index (χ1v) is 10.6. The number of hydrogen-bond acceptors (Lipinski definition) is 5. The van der Waals surface area contributed by atoms with Crippen molar-refractivity contribution < 1.29 is 18.4 Å². The minimum Gasteiger partial charge on any atom is -0.489 e. The summed E-state index contributed by atoms with van der Waals surface area (Å²) in [5.41, 5.74) is 4.59. The highest BCUT2D eigenvalue weighted by Gasteiger charge is 2.23. The van der Waals surface area contributed by atoms with Crippen molar-refractivity contribution in [2.24, 2.45) is 0 Å². The zero-order valence-corrected chi connectivity index (χ0v) is 19.0. The van der Waals surface area contributed by atoms with Crippen LogP contribution in [0.15, 0.2) is 53.1 Å². The highest BCUT2D eigenvalue weighted by Crippen LogP contribution is 2.24. The molecule has 1 N–H and O–H groups in total. The van der Waals surface area contributed by atoms with Gasteiger partial charge in [0.05, 0.1) is 29.2 Å². The molecule has 4 aromatic rings. The van der Waals surface area contributed by atoms with Crippen LogP contribution in [0, 0.1) is 33.5 Å². The van der Waals surface area contributed by atoms with Gasteiger partial charge in [-0.05, 0) is 63.1 Å². The number of ether oxygens (including phenoxy) is 1. The number of carbonyl (C=O) groups excluding carboxylic acids is 1. The van der Waals surface area contributed by atoms with Gasteiger partial charge in [-0.3, -0.25) is 9.48 Å². The molecular formula is C25H25FN4O3. The van der Waals surface area contributed by atoms with Crippen LogP contribution in [0.2, 0.25) is 0 Å². The smallest absolute Gasteiger partial charge is 0.278 e. The molecule has 2 aromatic carbocycles. The largest absolute Gasteiger partial charge is 0.489 e. The molecule has 170 valence electrons. The van der Waals surface area contributed by atoms with Gasteiger partial charge in [-0.15, -0.1) is 0 Å². The van der Waals surface area contributed by atoms with Gasteiger partial charge in [-0.2, -0.15) is 5.10 Å². The number of anilines is 1. The van der Waals surface area contributed by atoms with E-state index in [1.807, 2.05) is 44.2 Å². The molecule has 4 rings (SSSR count). The fraction of sp³-hybridized carbons (Fsp3) is 0.240. The van der Waals surface area contributed by atoms with Gasteiger partial charge in [0, 0.05) is 0 Å². The Bertz CT molecular complexity index is 1310. The van der Waals surface area contributed by atoms with E-state index in [0.717, 1.165) is 16.8 Å². The predicted molar refractivity (Wildman–Crippen MR) is 122 cm³/mol. The molecule has 0 fully saturated rings. The maximum absolute atomic E-state index is 13.5. The molecule has 8 heteroatoms. The number of aromatic nitrogens is 3. The molecular weight excluding hydrogens is 423 g/mol. The third-order valence-corrected chi connectivity index (χ3v) is 5.41. The molecule has 33 heavy (non-hydrogen) atoms. The molecule has 0 aliphatic rings. The first kappa shape index (κ1) is 22.3. The fourth-order valence-electron chi connectivity index (χ4n) is 3.61. The van der Waals surface area contributed by atoms with Gasteiger partial charge in [-0.25, -0.2) is 4.39 Å². The second kappa shape index (κ2) is 9.28. The lowest BCUT2D eigenvalue weighted by atomic mass is 10.2. The molecule has 0 bridgehead atoms. The Morgan fingerprint density at radius 1 is 1.12 bits per heavy atom. The number of benzene rings is 2. The molecule has 0 atom stereocenters. The Labute approximate surface area is 191 Å². The average Bonchev–Trinajstić information content (AvgIpc) is 3.26. The quantitative estimate of drug-likeness (QED) is 0.424. The number of halogens is 1. The maximum atomic E-state index is 13.5. The zero-order valence-electron chi connectivity index (χ0n) is 19.0. The van der Waals surface area contributed by atoms with Crippen LogP contribution in [-0.2, 0) is 13.2 Å². The molecule has 1 amide bonds. The van der Waals surface area contributed by atoms with Gasteiger partial charge in [0.25, 0.3) is 5.91 Å². The van der Waals surface area contributed by atoms with Gasteiger partial charge in [0.1, 0.15) is 23.9 Å². The summed E-state index contributed by atoms with van der Waals surface area (Å²) in [7, 11) is 0. The molecule has 2 aromatic heterocycles. The van der Waals surface area contributed by atoms with E-state index in [9.17, 15) is 9.18 Å². The highest BCUT2D eigenvalue weighted by atomic mass is 19.1. The van der Waals surface area contributed by atoms with Crippen LogP contribution in [0.1, 0.15) is 44.3 Å². The Kier molecular flexibility index (Phi) is 6.26. The molecule has 0 saturated carbocycles. The molecule has 2 heterocycles. The first-order chi connectivity index (χ1) is 15.8. The number of nitrogens with one attached hydrogen (secondary N) is 1. The van der Waals surface area contributed by atoms with Crippen LogP contribution in [0.25, 0.3) is 0 Å². The number of carbonyl (C=O) groups is 1. The summed E-state index contributed by atoms with van der Waals surface area (Å²) in [5.74, 6) is 0.505. The Morgan fingerprint density at radius 3 is 2.67 bits per heavy atom. The summed E-state index contributed by atoms with van der Waals surface area (Å²) in [4.78, 5) is 13.1. The molecule has 0 aliphatic heterocycles. The topological polar surface area (TPSA) is 82.2 Å². The number of amides is 1. The average molecular weight is 448 g/mol. The summed E-state index contributed by atoms with van der Waals surface area (Å²) in [6, 6.07) is 14.0. The maximum Gasteiger partial charge on any atom is 0.278 e. The molecule has 0 saturated heterocycles. The third-order valence-electron chi connectivity index (χ3n) is 5.41. The van der Waals surface area contributed by atoms with Crippen molar-refractivity contribution in [2.75, 3.05) is 5.32 Å². The van der Waals surface area contributed by atoms with Gasteiger partial charge in [0.2, 0.25) is 0 Å². The van der Waals surface area contributed by atoms with Crippen molar-refractivity contribution in [3.8, 4) is 5.75 Å². The van der Waals surface area contributed by atoms with Crippen molar-refractivity contribution in [2.45, 2.75) is 40.8 Å². The van der Waals surface area contributed by atoms with Gasteiger partial charge in [-0.1, -0.05) is 29.4 Å². The van der Waals surface area contributed by atoms with E-state index in [-0.39, 0.29) is 18.1 Å². The van der Waals surface area contributed by atoms with Crippen LogP contribution in [-0.4, -0.2) is 20.8 Å². The van der Waals surface area contributed by atoms with Crippen molar-refractivity contribution in [1.29, 1.82) is 0 Å². The Hall–Kier alpha value is -3.94. The monoisotopic (exact) mass is 448 g/mol. The number of rotatable bonds is 7. The number of aryl methyl sites for hydroxylation is 3. The molecule has 0 aliphatic carbocycles. The van der Waals surface area contributed by atoms with Crippen LogP contribution in [0.3, 0.4) is 0 Å². The third kappa shape index (κ3) is 4.95. The Morgan fingerprint density at radius 2 is 1.91 bits per heavy atom. The van der Waals surface area contributed by atoms with Crippen molar-refractivity contribution in [3.63, 3.8) is 0 Å². The minimum absolute atomic E-state index is 0.151. The molecule has 0 radical (unpaired) electrons. The SMILES string of the molecule is Cc1cccc(OCc2c(C(=O)Nc3c(C)nn(Cc4cccc(F)c4)c3C)noc2C)c1. The Balaban J connectivity index is 1.51. The van der Waals surface area contributed by atoms with E-state index in [2.05, 4.69) is 15.6 Å². The van der Waals surface area contributed by atoms with E-state index < -0.39 is 5.91 Å². The van der Waals surface area contributed by atoms with Gasteiger partial charge in [0.15, 0.2) is 5.69 Å². The van der Waals surface area contributed by atoms with E-state index >= 15 is 0 Å². The van der Waals surface area contributed by atoms with Crippen LogP contribution in [0.5, 0.6) is 5.75 Å². The zero-order chi connectivity index (χ0) is 23.5. The lowest BCUT2D eigenvalue weighted by Gasteiger charge is -2.09. The first-order valence-electron chi connectivity index (χ1n) is 10.6. The predicted octanol–water partition coefficient (Wildman–Crippen LogP) is 5.12. The summed E-state index contributed by atoms with van der Waals surface area (Å²) in [6.45, 7) is 7.92. The lowest BCUT2D eigenvalue weighted by molar-refractivity contribution is 0.101. The molecule has 0 unspecified atom stereocenters. The van der Waals surface area contributed by atoms with Gasteiger partial charge < -0.3 is 14.6 Å². The van der Waals surface area contributed by atoms with Crippen molar-refractivity contribution in [3.05, 3.63) is 93.9 Å². The van der Waals surface area contributed by atoms with E-state index in [1.54, 1.807) is 24.6 Å². The van der Waals surface area contributed by atoms with E-state index in [4.69, 9.17) is 9.26 Å². The summed E-state index contributed by atoms with van der Waals surface area (Å²) < 4.78 is 26.4. The molecule has 7 nitrogen and oxygen atoms in total. The van der Waals surface area contributed by atoms with Gasteiger partial charge >= 0.3 is 0 Å². The van der Waals surface area contributed by atoms with Crippen molar-refractivity contribution >= 4 is 11.6 Å². The second-order valence-corrected chi connectivity index (χ2v) is 7.96. The normalized spacial score (nSPS) is 10.9. The number of hydrogen-bond donors (Lipinski definition) is 1. The summed E-state index contributed by atoms with van der Waals surface area (Å²) in [6.07, 6.45) is 0. The summed E-state index contributed by atoms with van der Waals surface area (Å²) >= 11 is 0. The van der Waals surface area contributed by atoms with Crippen LogP contribution >= 0.6 is 0 Å². The van der Waals surface area contributed by atoms with E-state index in [1.165, 1.54) is 12.1 Å². The van der Waals surface area contributed by atoms with Crippen molar-refractivity contribution in [1.82, 2.24) is 14.9 Å². The fourth-order valence-corrected chi connectivity index (χ4v) is 3.61. The summed E-state index contributed by atoms with van der Waals surface area (Å²) in [5, 5.41) is 11.4. The van der Waals surface area contributed by atoms with Crippen LogP contribution < -0.4 is 10.1 Å². The molecule has 0 spiro atoms. The minimum atomic E-state index is -0.411. The van der Waals surface area contributed by atoms with Crippen LogP contribution in [0.4, 0.5) is 10.1 Å². The second-order valence-electron chi connectivity index (χ2n) is 7.96. The number of nitrogens with zero attached hydrogens (tertiary/aromatic N) is 3.